The molecule has 1 fully saturated rings. The Bertz CT molecular complexity index is 528. The first kappa shape index (κ1) is 17.1. The molecule has 1 aliphatic rings. The van der Waals surface area contributed by atoms with E-state index in [9.17, 15) is 4.79 Å². The Morgan fingerprint density at radius 1 is 1.45 bits per heavy atom. The lowest BCUT2D eigenvalue weighted by Gasteiger charge is -2.34. The Balaban J connectivity index is 1.86. The van der Waals surface area contributed by atoms with Crippen LogP contribution in [0, 0.1) is 18.8 Å². The lowest BCUT2D eigenvalue weighted by molar-refractivity contribution is -0.120. The smallest absolute Gasteiger partial charge is 0.230 e. The molecule has 1 aliphatic carbocycles. The highest BCUT2D eigenvalue weighted by molar-refractivity contribution is 7.99. The molecule has 0 aromatic carbocycles. The summed E-state index contributed by atoms with van der Waals surface area (Å²) in [7, 11) is 0. The van der Waals surface area contributed by atoms with E-state index in [0.29, 0.717) is 30.2 Å². The second-order valence-corrected chi connectivity index (χ2v) is 7.10. The first-order chi connectivity index (χ1) is 10.5. The monoisotopic (exact) mass is 322 g/mol. The summed E-state index contributed by atoms with van der Waals surface area (Å²) in [5, 5.41) is 12.2. The zero-order valence-electron chi connectivity index (χ0n) is 13.7. The van der Waals surface area contributed by atoms with Crippen LogP contribution in [0.25, 0.3) is 0 Å². The Labute approximate surface area is 137 Å². The van der Waals surface area contributed by atoms with E-state index in [-0.39, 0.29) is 5.91 Å². The predicted molar refractivity (Wildman–Crippen MR) is 89.8 cm³/mol. The topological polar surface area (TPSA) is 59.8 Å². The van der Waals surface area contributed by atoms with Gasteiger partial charge in [0.05, 0.1) is 5.75 Å². The van der Waals surface area contributed by atoms with Crippen LogP contribution in [0.15, 0.2) is 17.8 Å². The standard InChI is InChI=1S/C16H26N4OS/c1-5-9-20-13(4)18-19-16(20)22-10-15(21)17-14-8-6-7-11(2)12(14)3/h5,11-12,14H,1,6-10H2,2-4H3,(H,17,21). The van der Waals surface area contributed by atoms with E-state index in [1.165, 1.54) is 24.6 Å². The molecule has 1 N–H and O–H groups in total. The number of nitrogens with zero attached hydrogens (tertiary/aromatic N) is 3. The van der Waals surface area contributed by atoms with E-state index in [2.05, 4.69) is 35.9 Å². The van der Waals surface area contributed by atoms with Crippen molar-refractivity contribution in [3.63, 3.8) is 0 Å². The van der Waals surface area contributed by atoms with E-state index in [1.807, 2.05) is 17.6 Å². The molecule has 2 rings (SSSR count). The highest BCUT2D eigenvalue weighted by Crippen LogP contribution is 2.29. The maximum Gasteiger partial charge on any atom is 0.230 e. The van der Waals surface area contributed by atoms with Crippen molar-refractivity contribution in [3.8, 4) is 0 Å². The second-order valence-electron chi connectivity index (χ2n) is 6.16. The molecule has 3 unspecified atom stereocenters. The molecule has 1 amide bonds. The molecule has 0 bridgehead atoms. The summed E-state index contributed by atoms with van der Waals surface area (Å²) in [5.74, 6) is 2.55. The molecule has 0 saturated heterocycles. The van der Waals surface area contributed by atoms with Gasteiger partial charge >= 0.3 is 0 Å². The zero-order valence-corrected chi connectivity index (χ0v) is 14.5. The minimum Gasteiger partial charge on any atom is -0.352 e. The predicted octanol–water partition coefficient (Wildman–Crippen LogP) is 2.81. The number of aromatic nitrogens is 3. The van der Waals surface area contributed by atoms with Crippen LogP contribution in [0.2, 0.25) is 0 Å². The molecule has 1 aromatic rings. The third-order valence-corrected chi connectivity index (χ3v) is 5.57. The van der Waals surface area contributed by atoms with Gasteiger partial charge in [0.25, 0.3) is 0 Å². The highest BCUT2D eigenvalue weighted by atomic mass is 32.2. The van der Waals surface area contributed by atoms with Gasteiger partial charge in [-0.2, -0.15) is 0 Å². The Kier molecular flexibility index (Phi) is 6.06. The summed E-state index contributed by atoms with van der Waals surface area (Å²) < 4.78 is 1.97. The molecule has 122 valence electrons. The largest absolute Gasteiger partial charge is 0.352 e. The van der Waals surface area contributed by atoms with Crippen molar-refractivity contribution >= 4 is 17.7 Å². The summed E-state index contributed by atoms with van der Waals surface area (Å²) in [6, 6.07) is 0.310. The number of hydrogen-bond acceptors (Lipinski definition) is 4. The maximum atomic E-state index is 12.2. The number of thioether (sulfide) groups is 1. The number of nitrogens with one attached hydrogen (secondary N) is 1. The van der Waals surface area contributed by atoms with Crippen molar-refractivity contribution in [3.05, 3.63) is 18.5 Å². The zero-order chi connectivity index (χ0) is 16.1. The van der Waals surface area contributed by atoms with Crippen LogP contribution >= 0.6 is 11.8 Å². The Morgan fingerprint density at radius 3 is 2.95 bits per heavy atom. The quantitative estimate of drug-likeness (QED) is 0.646. The summed E-state index contributed by atoms with van der Waals surface area (Å²) in [6.07, 6.45) is 5.38. The van der Waals surface area contributed by atoms with E-state index in [0.717, 1.165) is 17.4 Å². The lowest BCUT2D eigenvalue weighted by atomic mass is 9.78. The molecule has 0 aliphatic heterocycles. The van der Waals surface area contributed by atoms with E-state index in [1.54, 1.807) is 0 Å². The average Bonchev–Trinajstić information content (AvgIpc) is 2.83. The normalized spacial score (nSPS) is 25.0. The van der Waals surface area contributed by atoms with Gasteiger partial charge in [-0.3, -0.25) is 4.79 Å². The van der Waals surface area contributed by atoms with Gasteiger partial charge in [-0.1, -0.05) is 44.5 Å². The van der Waals surface area contributed by atoms with Crippen LogP contribution in [0.3, 0.4) is 0 Å². The molecular formula is C16H26N4OS. The summed E-state index contributed by atoms with van der Waals surface area (Å²) in [5.41, 5.74) is 0. The molecule has 0 spiro atoms. The first-order valence-electron chi connectivity index (χ1n) is 7.95. The molecular weight excluding hydrogens is 296 g/mol. The third kappa shape index (κ3) is 4.12. The molecule has 3 atom stereocenters. The minimum absolute atomic E-state index is 0.0850. The fraction of sp³-hybridized carbons (Fsp3) is 0.688. The van der Waals surface area contributed by atoms with Gasteiger partial charge in [-0.05, 0) is 25.2 Å². The summed E-state index contributed by atoms with van der Waals surface area (Å²) in [6.45, 7) is 10.8. The molecule has 22 heavy (non-hydrogen) atoms. The fourth-order valence-corrected chi connectivity index (χ4v) is 3.78. The number of allylic oxidation sites excluding steroid dienone is 1. The van der Waals surface area contributed by atoms with Gasteiger partial charge < -0.3 is 9.88 Å². The van der Waals surface area contributed by atoms with Gasteiger partial charge in [-0.15, -0.1) is 16.8 Å². The molecule has 0 radical (unpaired) electrons. The molecule has 1 aromatic heterocycles. The lowest BCUT2D eigenvalue weighted by Crippen LogP contribution is -2.44. The van der Waals surface area contributed by atoms with Gasteiger partial charge in [0, 0.05) is 12.6 Å². The number of hydrogen-bond donors (Lipinski definition) is 1. The van der Waals surface area contributed by atoms with Gasteiger partial charge in [0.1, 0.15) is 5.82 Å². The minimum atomic E-state index is 0.0850. The third-order valence-electron chi connectivity index (χ3n) is 4.60. The Morgan fingerprint density at radius 2 is 2.23 bits per heavy atom. The molecule has 5 nitrogen and oxygen atoms in total. The number of aryl methyl sites for hydroxylation is 1. The van der Waals surface area contributed by atoms with E-state index < -0.39 is 0 Å². The molecule has 1 saturated carbocycles. The van der Waals surface area contributed by atoms with Crippen LogP contribution in [-0.4, -0.2) is 32.5 Å². The van der Waals surface area contributed by atoms with Crippen LogP contribution in [-0.2, 0) is 11.3 Å². The Hall–Kier alpha value is -1.30. The number of carbonyl (C=O) groups is 1. The summed E-state index contributed by atoms with van der Waals surface area (Å²) >= 11 is 1.44. The molecule has 6 heteroatoms. The average molecular weight is 322 g/mol. The van der Waals surface area contributed by atoms with Crippen molar-refractivity contribution in [1.29, 1.82) is 0 Å². The fourth-order valence-electron chi connectivity index (χ4n) is 2.97. The van der Waals surface area contributed by atoms with Gasteiger partial charge in [0.2, 0.25) is 5.91 Å². The second kappa shape index (κ2) is 7.81. The SMILES string of the molecule is C=CCn1c(C)nnc1SCC(=O)NC1CCCC(C)C1C. The first-order valence-corrected chi connectivity index (χ1v) is 8.94. The van der Waals surface area contributed by atoms with Crippen molar-refractivity contribution in [2.45, 2.75) is 57.8 Å². The van der Waals surface area contributed by atoms with Gasteiger partial charge in [-0.25, -0.2) is 0 Å². The highest BCUT2D eigenvalue weighted by Gasteiger charge is 2.28. The van der Waals surface area contributed by atoms with Crippen molar-refractivity contribution in [2.75, 3.05) is 5.75 Å². The van der Waals surface area contributed by atoms with Crippen molar-refractivity contribution in [2.24, 2.45) is 11.8 Å². The maximum absolute atomic E-state index is 12.2. The molecule has 1 heterocycles. The van der Waals surface area contributed by atoms with Crippen LogP contribution in [0.5, 0.6) is 0 Å². The van der Waals surface area contributed by atoms with Crippen molar-refractivity contribution in [1.82, 2.24) is 20.1 Å². The summed E-state index contributed by atoms with van der Waals surface area (Å²) in [4.78, 5) is 12.2. The number of amides is 1. The van der Waals surface area contributed by atoms with Crippen molar-refractivity contribution < 1.29 is 4.79 Å². The number of rotatable bonds is 6. The van der Waals surface area contributed by atoms with Crippen LogP contribution in [0.1, 0.15) is 38.9 Å². The van der Waals surface area contributed by atoms with Crippen LogP contribution < -0.4 is 5.32 Å². The van der Waals surface area contributed by atoms with E-state index in [4.69, 9.17) is 0 Å². The number of carbonyl (C=O) groups excluding carboxylic acids is 1. The van der Waals surface area contributed by atoms with Gasteiger partial charge in [0.15, 0.2) is 5.16 Å². The van der Waals surface area contributed by atoms with Crippen LogP contribution in [0.4, 0.5) is 0 Å². The van der Waals surface area contributed by atoms with E-state index >= 15 is 0 Å².